The van der Waals surface area contributed by atoms with Gasteiger partial charge < -0.3 is 15.0 Å². The highest BCUT2D eigenvalue weighted by atomic mass is 16.5. The lowest BCUT2D eigenvalue weighted by Gasteiger charge is -2.26. The van der Waals surface area contributed by atoms with Crippen molar-refractivity contribution in [2.24, 2.45) is 0 Å². The summed E-state index contributed by atoms with van der Waals surface area (Å²) in [5.74, 6) is -0.0553. The second-order valence-corrected chi connectivity index (χ2v) is 5.23. The predicted octanol–water partition coefficient (Wildman–Crippen LogP) is 1.05. The highest BCUT2D eigenvalue weighted by molar-refractivity contribution is 5.98. The number of nitrogens with zero attached hydrogens (tertiary/aromatic N) is 1. The Hall–Kier alpha value is -1.88. The summed E-state index contributed by atoms with van der Waals surface area (Å²) in [6, 6.07) is 7.22. The molecule has 1 aliphatic carbocycles. The Morgan fingerprint density at radius 2 is 1.65 bits per heavy atom. The highest BCUT2D eigenvalue weighted by Crippen LogP contribution is 2.19. The van der Waals surface area contributed by atoms with Gasteiger partial charge in [-0.05, 0) is 37.1 Å². The Balaban J connectivity index is 1.65. The molecule has 5 nitrogen and oxygen atoms in total. The van der Waals surface area contributed by atoms with E-state index >= 15 is 0 Å². The number of ether oxygens (including phenoxy) is 1. The number of morpholine rings is 1. The van der Waals surface area contributed by atoms with E-state index in [1.165, 1.54) is 0 Å². The molecule has 1 aliphatic heterocycles. The fourth-order valence-corrected chi connectivity index (χ4v) is 2.21. The van der Waals surface area contributed by atoms with Gasteiger partial charge in [0.15, 0.2) is 0 Å². The third-order valence-corrected chi connectivity index (χ3v) is 3.60. The second kappa shape index (κ2) is 5.63. The first kappa shape index (κ1) is 13.1. The van der Waals surface area contributed by atoms with Crippen LogP contribution < -0.4 is 5.32 Å². The van der Waals surface area contributed by atoms with Crippen molar-refractivity contribution in [3.63, 3.8) is 0 Å². The van der Waals surface area contributed by atoms with Crippen molar-refractivity contribution in [2.75, 3.05) is 26.3 Å². The molecule has 106 valence electrons. The van der Waals surface area contributed by atoms with Crippen LogP contribution in [0.25, 0.3) is 0 Å². The summed E-state index contributed by atoms with van der Waals surface area (Å²) in [5, 5.41) is 2.93. The maximum absolute atomic E-state index is 12.2. The van der Waals surface area contributed by atoms with Crippen LogP contribution in [0.15, 0.2) is 24.3 Å². The van der Waals surface area contributed by atoms with Gasteiger partial charge in [0, 0.05) is 30.3 Å². The molecule has 1 saturated carbocycles. The van der Waals surface area contributed by atoms with Crippen molar-refractivity contribution < 1.29 is 14.3 Å². The van der Waals surface area contributed by atoms with Crippen LogP contribution in [0.2, 0.25) is 0 Å². The maximum Gasteiger partial charge on any atom is 0.254 e. The standard InChI is InChI=1S/C15H18N2O3/c18-14(16-13-5-6-13)11-1-3-12(4-2-11)15(19)17-7-9-20-10-8-17/h1-4,13H,5-10H2,(H,16,18). The molecule has 1 aromatic carbocycles. The maximum atomic E-state index is 12.2. The first-order valence-corrected chi connectivity index (χ1v) is 7.02. The Morgan fingerprint density at radius 1 is 1.05 bits per heavy atom. The first-order valence-electron chi connectivity index (χ1n) is 7.02. The number of benzene rings is 1. The average molecular weight is 274 g/mol. The van der Waals surface area contributed by atoms with Crippen LogP contribution in [0.5, 0.6) is 0 Å². The van der Waals surface area contributed by atoms with Crippen LogP contribution in [0.3, 0.4) is 0 Å². The average Bonchev–Trinajstić information content (AvgIpc) is 3.31. The molecule has 1 saturated heterocycles. The monoisotopic (exact) mass is 274 g/mol. The Labute approximate surface area is 117 Å². The molecule has 1 heterocycles. The summed E-state index contributed by atoms with van der Waals surface area (Å²) in [4.78, 5) is 25.9. The zero-order chi connectivity index (χ0) is 13.9. The summed E-state index contributed by atoms with van der Waals surface area (Å²) in [6.45, 7) is 2.44. The van der Waals surface area contributed by atoms with Crippen LogP contribution in [-0.2, 0) is 4.74 Å². The molecule has 0 radical (unpaired) electrons. The zero-order valence-electron chi connectivity index (χ0n) is 11.3. The lowest BCUT2D eigenvalue weighted by atomic mass is 10.1. The fourth-order valence-electron chi connectivity index (χ4n) is 2.21. The lowest BCUT2D eigenvalue weighted by Crippen LogP contribution is -2.40. The van der Waals surface area contributed by atoms with E-state index < -0.39 is 0 Å². The van der Waals surface area contributed by atoms with Crippen molar-refractivity contribution in [3.8, 4) is 0 Å². The highest BCUT2D eigenvalue weighted by Gasteiger charge is 2.24. The Bertz CT molecular complexity index is 502. The van der Waals surface area contributed by atoms with E-state index in [4.69, 9.17) is 4.74 Å². The Kier molecular flexibility index (Phi) is 3.69. The van der Waals surface area contributed by atoms with Gasteiger partial charge in [-0.15, -0.1) is 0 Å². The number of nitrogens with one attached hydrogen (secondary N) is 1. The van der Waals surface area contributed by atoms with Gasteiger partial charge in [0.1, 0.15) is 0 Å². The van der Waals surface area contributed by atoms with Gasteiger partial charge in [-0.1, -0.05) is 0 Å². The third-order valence-electron chi connectivity index (χ3n) is 3.60. The number of carbonyl (C=O) groups excluding carboxylic acids is 2. The minimum atomic E-state index is -0.0575. The van der Waals surface area contributed by atoms with Crippen LogP contribution in [0, 0.1) is 0 Å². The summed E-state index contributed by atoms with van der Waals surface area (Å²) < 4.78 is 5.23. The smallest absolute Gasteiger partial charge is 0.254 e. The first-order chi connectivity index (χ1) is 9.74. The molecule has 1 aromatic rings. The number of carbonyl (C=O) groups is 2. The van der Waals surface area contributed by atoms with Gasteiger partial charge in [0.05, 0.1) is 13.2 Å². The Morgan fingerprint density at radius 3 is 2.25 bits per heavy atom. The third kappa shape index (κ3) is 2.99. The quantitative estimate of drug-likeness (QED) is 0.896. The zero-order valence-corrected chi connectivity index (χ0v) is 11.3. The van der Waals surface area contributed by atoms with Crippen molar-refractivity contribution in [1.82, 2.24) is 10.2 Å². The van der Waals surface area contributed by atoms with E-state index in [0.29, 0.717) is 43.5 Å². The molecule has 1 N–H and O–H groups in total. The SMILES string of the molecule is O=C(NC1CC1)c1ccc(C(=O)N2CCOCC2)cc1. The van der Waals surface area contributed by atoms with Crippen LogP contribution in [-0.4, -0.2) is 49.1 Å². The molecule has 2 amide bonds. The van der Waals surface area contributed by atoms with Gasteiger partial charge >= 0.3 is 0 Å². The van der Waals surface area contributed by atoms with Crippen molar-refractivity contribution >= 4 is 11.8 Å². The fraction of sp³-hybridized carbons (Fsp3) is 0.467. The van der Waals surface area contributed by atoms with Gasteiger partial charge in [-0.3, -0.25) is 9.59 Å². The minimum absolute atomic E-state index is 0.00227. The molecule has 3 rings (SSSR count). The molecule has 5 heteroatoms. The second-order valence-electron chi connectivity index (χ2n) is 5.23. The summed E-state index contributed by atoms with van der Waals surface area (Å²) in [7, 11) is 0. The van der Waals surface area contributed by atoms with E-state index in [2.05, 4.69) is 5.32 Å². The molecular formula is C15H18N2O3. The number of hydrogen-bond acceptors (Lipinski definition) is 3. The lowest BCUT2D eigenvalue weighted by molar-refractivity contribution is 0.0303. The van der Waals surface area contributed by atoms with Crippen LogP contribution in [0.1, 0.15) is 33.6 Å². The van der Waals surface area contributed by atoms with E-state index in [-0.39, 0.29) is 11.8 Å². The van der Waals surface area contributed by atoms with Gasteiger partial charge in [0.25, 0.3) is 11.8 Å². The van der Waals surface area contributed by atoms with Gasteiger partial charge in [-0.2, -0.15) is 0 Å². The van der Waals surface area contributed by atoms with E-state index in [1.54, 1.807) is 29.2 Å². The summed E-state index contributed by atoms with van der Waals surface area (Å²) in [5.41, 5.74) is 1.23. The molecule has 2 fully saturated rings. The predicted molar refractivity (Wildman–Crippen MR) is 73.7 cm³/mol. The van der Waals surface area contributed by atoms with Crippen molar-refractivity contribution in [2.45, 2.75) is 18.9 Å². The molecule has 20 heavy (non-hydrogen) atoms. The van der Waals surface area contributed by atoms with Crippen molar-refractivity contribution in [1.29, 1.82) is 0 Å². The molecule has 0 bridgehead atoms. The van der Waals surface area contributed by atoms with Gasteiger partial charge in [0.2, 0.25) is 0 Å². The molecule has 0 unspecified atom stereocenters. The summed E-state index contributed by atoms with van der Waals surface area (Å²) >= 11 is 0. The van der Waals surface area contributed by atoms with E-state index in [0.717, 1.165) is 12.8 Å². The largest absolute Gasteiger partial charge is 0.378 e. The minimum Gasteiger partial charge on any atom is -0.378 e. The number of hydrogen-bond donors (Lipinski definition) is 1. The number of rotatable bonds is 3. The normalized spacial score (nSPS) is 18.7. The number of amides is 2. The molecule has 2 aliphatic rings. The van der Waals surface area contributed by atoms with Crippen molar-refractivity contribution in [3.05, 3.63) is 35.4 Å². The summed E-state index contributed by atoms with van der Waals surface area (Å²) in [6.07, 6.45) is 2.14. The van der Waals surface area contributed by atoms with Crippen LogP contribution >= 0.6 is 0 Å². The molecule has 0 spiro atoms. The van der Waals surface area contributed by atoms with E-state index in [1.807, 2.05) is 0 Å². The molecule has 0 aromatic heterocycles. The van der Waals surface area contributed by atoms with Gasteiger partial charge in [-0.25, -0.2) is 0 Å². The molecular weight excluding hydrogens is 256 g/mol. The topological polar surface area (TPSA) is 58.6 Å². The van der Waals surface area contributed by atoms with E-state index in [9.17, 15) is 9.59 Å². The van der Waals surface area contributed by atoms with Crippen LogP contribution in [0.4, 0.5) is 0 Å². The molecule has 0 atom stereocenters.